The van der Waals surface area contributed by atoms with Crippen LogP contribution in [0.5, 0.6) is 0 Å². The zero-order valence-corrected chi connectivity index (χ0v) is 16.5. The van der Waals surface area contributed by atoms with Crippen molar-refractivity contribution in [3.63, 3.8) is 0 Å². The lowest BCUT2D eigenvalue weighted by Gasteiger charge is -2.36. The van der Waals surface area contributed by atoms with E-state index >= 15 is 0 Å². The summed E-state index contributed by atoms with van der Waals surface area (Å²) in [4.78, 5) is 0. The van der Waals surface area contributed by atoms with Gasteiger partial charge in [-0.25, -0.2) is 0 Å². The molecule has 0 saturated carbocycles. The molecule has 4 atom stereocenters. The summed E-state index contributed by atoms with van der Waals surface area (Å²) in [7, 11) is 0. The largest absolute Gasteiger partial charge is 0.394 e. The van der Waals surface area contributed by atoms with Crippen LogP contribution in [0.4, 0.5) is 0 Å². The van der Waals surface area contributed by atoms with E-state index in [4.69, 9.17) is 14.6 Å². The Morgan fingerprint density at radius 2 is 1.50 bits per heavy atom. The normalized spacial score (nSPS) is 26.6. The van der Waals surface area contributed by atoms with E-state index in [2.05, 4.69) is 19.1 Å². The molecule has 154 valence electrons. The number of unbranched alkanes of at least 4 members (excludes halogenated alkanes) is 9. The fourth-order valence-corrected chi connectivity index (χ4v) is 3.28. The molecule has 1 saturated heterocycles. The van der Waals surface area contributed by atoms with Gasteiger partial charge < -0.3 is 24.8 Å². The average molecular weight is 373 g/mol. The van der Waals surface area contributed by atoms with Crippen molar-refractivity contribution in [2.45, 2.75) is 102 Å². The summed E-state index contributed by atoms with van der Waals surface area (Å²) >= 11 is 0. The van der Waals surface area contributed by atoms with Crippen LogP contribution < -0.4 is 0 Å². The zero-order chi connectivity index (χ0) is 19.0. The van der Waals surface area contributed by atoms with Gasteiger partial charge in [0.15, 0.2) is 0 Å². The number of aliphatic hydroxyl groups excluding tert-OH is 3. The van der Waals surface area contributed by atoms with Crippen molar-refractivity contribution in [2.75, 3.05) is 19.8 Å². The maximum absolute atomic E-state index is 9.97. The summed E-state index contributed by atoms with van der Waals surface area (Å²) < 4.78 is 10.9. The van der Waals surface area contributed by atoms with Crippen LogP contribution >= 0.6 is 0 Å². The Bertz CT molecular complexity index is 347. The number of rotatable bonds is 15. The Kier molecular flexibility index (Phi) is 14.1. The molecule has 0 aromatic rings. The SMILES string of the molecule is CC/C=C/CCCCCCCCCCCO[C@H]1CO[C@H](CO)[C@@H](O)[C@@H]1O. The van der Waals surface area contributed by atoms with E-state index in [1.54, 1.807) is 0 Å². The summed E-state index contributed by atoms with van der Waals surface area (Å²) in [5.41, 5.74) is 0. The minimum absolute atomic E-state index is 0.220. The summed E-state index contributed by atoms with van der Waals surface area (Å²) in [6, 6.07) is 0. The van der Waals surface area contributed by atoms with Crippen molar-refractivity contribution in [3.05, 3.63) is 12.2 Å². The zero-order valence-electron chi connectivity index (χ0n) is 16.5. The van der Waals surface area contributed by atoms with Crippen LogP contribution in [-0.4, -0.2) is 59.6 Å². The third-order valence-electron chi connectivity index (χ3n) is 5.02. The summed E-state index contributed by atoms with van der Waals surface area (Å²) in [6.45, 7) is 2.68. The smallest absolute Gasteiger partial charge is 0.111 e. The van der Waals surface area contributed by atoms with Crippen molar-refractivity contribution in [2.24, 2.45) is 0 Å². The van der Waals surface area contributed by atoms with E-state index in [9.17, 15) is 10.2 Å². The highest BCUT2D eigenvalue weighted by Gasteiger charge is 2.38. The first kappa shape index (κ1) is 23.6. The van der Waals surface area contributed by atoms with Crippen molar-refractivity contribution in [1.82, 2.24) is 0 Å². The molecule has 0 aromatic heterocycles. The molecule has 1 heterocycles. The Morgan fingerprint density at radius 1 is 0.885 bits per heavy atom. The third-order valence-corrected chi connectivity index (χ3v) is 5.02. The molecule has 1 fully saturated rings. The first-order chi connectivity index (χ1) is 12.7. The molecule has 0 spiro atoms. The van der Waals surface area contributed by atoms with Gasteiger partial charge in [-0.3, -0.25) is 0 Å². The van der Waals surface area contributed by atoms with Crippen LogP contribution in [0.2, 0.25) is 0 Å². The molecular formula is C21H40O5. The number of hydrogen-bond donors (Lipinski definition) is 3. The molecule has 0 radical (unpaired) electrons. The van der Waals surface area contributed by atoms with Gasteiger partial charge in [-0.2, -0.15) is 0 Å². The standard InChI is InChI=1S/C21H40O5/c1-2-3-4-5-6-7-8-9-10-11-12-13-14-15-25-19-17-26-18(16-22)20(23)21(19)24/h3-4,18-24H,2,5-17H2,1H3/b4-3+/t18-,19+,20-,21-/m1/s1. The second-order valence-electron chi connectivity index (χ2n) is 7.30. The highest BCUT2D eigenvalue weighted by atomic mass is 16.6. The predicted molar refractivity (Wildman–Crippen MR) is 104 cm³/mol. The molecular weight excluding hydrogens is 332 g/mol. The Hall–Kier alpha value is -0.460. The molecule has 5 nitrogen and oxygen atoms in total. The number of ether oxygens (including phenoxy) is 2. The molecule has 0 aliphatic carbocycles. The van der Waals surface area contributed by atoms with Crippen molar-refractivity contribution >= 4 is 0 Å². The fourth-order valence-electron chi connectivity index (χ4n) is 3.28. The molecule has 0 amide bonds. The molecule has 26 heavy (non-hydrogen) atoms. The summed E-state index contributed by atoms with van der Waals surface area (Å²) in [5, 5.41) is 28.8. The maximum atomic E-state index is 9.97. The average Bonchev–Trinajstić information content (AvgIpc) is 2.65. The van der Waals surface area contributed by atoms with Crippen molar-refractivity contribution in [1.29, 1.82) is 0 Å². The fraction of sp³-hybridized carbons (Fsp3) is 0.905. The van der Waals surface area contributed by atoms with E-state index in [0.717, 1.165) is 19.3 Å². The minimum atomic E-state index is -1.08. The molecule has 1 aliphatic rings. The van der Waals surface area contributed by atoms with Crippen molar-refractivity contribution in [3.8, 4) is 0 Å². The maximum Gasteiger partial charge on any atom is 0.111 e. The topological polar surface area (TPSA) is 79.2 Å². The van der Waals surface area contributed by atoms with Crippen LogP contribution in [0.15, 0.2) is 12.2 Å². The van der Waals surface area contributed by atoms with E-state index < -0.39 is 24.4 Å². The van der Waals surface area contributed by atoms with E-state index in [1.165, 1.54) is 51.4 Å². The van der Waals surface area contributed by atoms with E-state index in [0.29, 0.717) is 6.61 Å². The first-order valence-corrected chi connectivity index (χ1v) is 10.6. The summed E-state index contributed by atoms with van der Waals surface area (Å²) in [6.07, 6.45) is 14.9. The number of aliphatic hydroxyl groups is 3. The highest BCUT2D eigenvalue weighted by Crippen LogP contribution is 2.18. The van der Waals surface area contributed by atoms with E-state index in [-0.39, 0.29) is 13.2 Å². The van der Waals surface area contributed by atoms with Gasteiger partial charge in [0.25, 0.3) is 0 Å². The first-order valence-electron chi connectivity index (χ1n) is 10.6. The highest BCUT2D eigenvalue weighted by molar-refractivity contribution is 4.87. The van der Waals surface area contributed by atoms with Gasteiger partial charge in [0.2, 0.25) is 0 Å². The monoisotopic (exact) mass is 372 g/mol. The quantitative estimate of drug-likeness (QED) is 0.303. The van der Waals surface area contributed by atoms with Gasteiger partial charge in [-0.15, -0.1) is 0 Å². The Morgan fingerprint density at radius 3 is 2.12 bits per heavy atom. The number of allylic oxidation sites excluding steroid dienone is 2. The van der Waals surface area contributed by atoms with Gasteiger partial charge in [0.1, 0.15) is 24.4 Å². The summed E-state index contributed by atoms with van der Waals surface area (Å²) in [5.74, 6) is 0. The lowest BCUT2D eigenvalue weighted by Crippen LogP contribution is -2.55. The van der Waals surface area contributed by atoms with Crippen LogP contribution in [0.1, 0.15) is 77.6 Å². The van der Waals surface area contributed by atoms with Crippen LogP contribution in [-0.2, 0) is 9.47 Å². The number of hydrogen-bond acceptors (Lipinski definition) is 5. The minimum Gasteiger partial charge on any atom is -0.394 e. The molecule has 0 unspecified atom stereocenters. The second kappa shape index (κ2) is 15.6. The molecule has 1 rings (SSSR count). The van der Waals surface area contributed by atoms with Crippen molar-refractivity contribution < 1.29 is 24.8 Å². The van der Waals surface area contributed by atoms with Gasteiger partial charge in [-0.05, 0) is 25.7 Å². The van der Waals surface area contributed by atoms with Gasteiger partial charge in [-0.1, -0.05) is 64.0 Å². The lowest BCUT2D eigenvalue weighted by atomic mass is 10.0. The van der Waals surface area contributed by atoms with Crippen LogP contribution in [0.25, 0.3) is 0 Å². The van der Waals surface area contributed by atoms with Gasteiger partial charge >= 0.3 is 0 Å². The van der Waals surface area contributed by atoms with E-state index in [1.807, 2.05) is 0 Å². The third kappa shape index (κ3) is 10.0. The van der Waals surface area contributed by atoms with Crippen LogP contribution in [0, 0.1) is 0 Å². The Labute approximate surface area is 159 Å². The van der Waals surface area contributed by atoms with Crippen LogP contribution in [0.3, 0.4) is 0 Å². The molecule has 1 aliphatic heterocycles. The second-order valence-corrected chi connectivity index (χ2v) is 7.30. The lowest BCUT2D eigenvalue weighted by molar-refractivity contribution is -0.208. The molecule has 0 aromatic carbocycles. The predicted octanol–water partition coefficient (Wildman–Crippen LogP) is 3.35. The molecule has 3 N–H and O–H groups in total. The van der Waals surface area contributed by atoms with Gasteiger partial charge in [0, 0.05) is 6.61 Å². The van der Waals surface area contributed by atoms with Gasteiger partial charge in [0.05, 0.1) is 13.2 Å². The molecule has 0 bridgehead atoms. The Balaban J connectivity index is 1.87. The molecule has 5 heteroatoms.